The summed E-state index contributed by atoms with van der Waals surface area (Å²) in [6, 6.07) is 1.93. The minimum Gasteiger partial charge on any atom is -0.398 e. The zero-order valence-electron chi connectivity index (χ0n) is 10.6. The SMILES string of the molecule is CSC1CCC(NC(=O)c2cnccc2N)CC1. The van der Waals surface area contributed by atoms with Gasteiger partial charge < -0.3 is 11.1 Å². The molecule has 4 nitrogen and oxygen atoms in total. The fraction of sp³-hybridized carbons (Fsp3) is 0.538. The summed E-state index contributed by atoms with van der Waals surface area (Å²) in [6.45, 7) is 0. The molecule has 0 aromatic carbocycles. The van der Waals surface area contributed by atoms with E-state index >= 15 is 0 Å². The Hall–Kier alpha value is -1.23. The van der Waals surface area contributed by atoms with E-state index in [0.29, 0.717) is 11.3 Å². The molecular weight excluding hydrogens is 246 g/mol. The van der Waals surface area contributed by atoms with Crippen molar-refractivity contribution in [2.75, 3.05) is 12.0 Å². The molecule has 1 heterocycles. The number of nitrogens with one attached hydrogen (secondary N) is 1. The second-order valence-corrected chi connectivity index (χ2v) is 5.78. The van der Waals surface area contributed by atoms with Gasteiger partial charge >= 0.3 is 0 Å². The Morgan fingerprint density at radius 2 is 2.17 bits per heavy atom. The van der Waals surface area contributed by atoms with Gasteiger partial charge in [0.25, 0.3) is 5.91 Å². The Balaban J connectivity index is 1.91. The first kappa shape index (κ1) is 13.2. The first-order valence-electron chi connectivity index (χ1n) is 6.24. The summed E-state index contributed by atoms with van der Waals surface area (Å²) in [5.41, 5.74) is 6.73. The normalized spacial score (nSPS) is 23.6. The van der Waals surface area contributed by atoms with Crippen LogP contribution in [0.25, 0.3) is 0 Å². The molecule has 0 bridgehead atoms. The number of amides is 1. The summed E-state index contributed by atoms with van der Waals surface area (Å²) in [6.07, 6.45) is 9.73. The maximum absolute atomic E-state index is 12.0. The number of anilines is 1. The molecule has 3 N–H and O–H groups in total. The van der Waals surface area contributed by atoms with Crippen LogP contribution in [0.15, 0.2) is 18.5 Å². The van der Waals surface area contributed by atoms with E-state index in [1.165, 1.54) is 19.0 Å². The second kappa shape index (κ2) is 6.09. The lowest BCUT2D eigenvalue weighted by atomic mass is 9.94. The Labute approximate surface area is 112 Å². The van der Waals surface area contributed by atoms with Crippen molar-refractivity contribution in [2.24, 2.45) is 0 Å². The van der Waals surface area contributed by atoms with Gasteiger partial charge in [-0.25, -0.2) is 0 Å². The molecule has 0 unspecified atom stereocenters. The largest absolute Gasteiger partial charge is 0.398 e. The zero-order chi connectivity index (χ0) is 13.0. The van der Waals surface area contributed by atoms with E-state index in [0.717, 1.165) is 18.1 Å². The summed E-state index contributed by atoms with van der Waals surface area (Å²) in [4.78, 5) is 16.0. The molecule has 1 aliphatic rings. The number of rotatable bonds is 3. The molecule has 2 rings (SSSR count). The number of nitrogens with two attached hydrogens (primary N) is 1. The molecule has 98 valence electrons. The number of pyridine rings is 1. The number of carbonyl (C=O) groups is 1. The van der Waals surface area contributed by atoms with Gasteiger partial charge in [-0.05, 0) is 38.0 Å². The van der Waals surface area contributed by atoms with Crippen LogP contribution in [-0.2, 0) is 0 Å². The molecule has 1 amide bonds. The number of aromatic nitrogens is 1. The summed E-state index contributed by atoms with van der Waals surface area (Å²) in [7, 11) is 0. The first-order valence-corrected chi connectivity index (χ1v) is 7.52. The fourth-order valence-electron chi connectivity index (χ4n) is 2.30. The number of hydrogen-bond donors (Lipinski definition) is 2. The first-order chi connectivity index (χ1) is 8.70. The van der Waals surface area contributed by atoms with Crippen LogP contribution in [0.4, 0.5) is 5.69 Å². The van der Waals surface area contributed by atoms with Crippen LogP contribution >= 0.6 is 11.8 Å². The number of nitrogen functional groups attached to an aromatic ring is 1. The average molecular weight is 265 g/mol. The van der Waals surface area contributed by atoms with Gasteiger partial charge in [-0.1, -0.05) is 0 Å². The van der Waals surface area contributed by atoms with E-state index in [-0.39, 0.29) is 11.9 Å². The van der Waals surface area contributed by atoms with Gasteiger partial charge in [0.05, 0.1) is 5.56 Å². The smallest absolute Gasteiger partial charge is 0.255 e. The third-order valence-electron chi connectivity index (χ3n) is 3.44. The van der Waals surface area contributed by atoms with E-state index in [1.807, 2.05) is 11.8 Å². The zero-order valence-corrected chi connectivity index (χ0v) is 11.4. The van der Waals surface area contributed by atoms with Crippen molar-refractivity contribution in [1.82, 2.24) is 10.3 Å². The molecule has 0 radical (unpaired) electrons. The lowest BCUT2D eigenvalue weighted by Crippen LogP contribution is -2.38. The van der Waals surface area contributed by atoms with Crippen molar-refractivity contribution in [3.05, 3.63) is 24.0 Å². The van der Waals surface area contributed by atoms with Gasteiger partial charge in [0.2, 0.25) is 0 Å². The molecule has 0 aliphatic heterocycles. The van der Waals surface area contributed by atoms with Gasteiger partial charge in [0.15, 0.2) is 0 Å². The molecule has 0 spiro atoms. The number of hydrogen-bond acceptors (Lipinski definition) is 4. The number of nitrogens with zero attached hydrogens (tertiary/aromatic N) is 1. The Kier molecular flexibility index (Phi) is 4.47. The quantitative estimate of drug-likeness (QED) is 0.878. The number of thioether (sulfide) groups is 1. The van der Waals surface area contributed by atoms with Crippen molar-refractivity contribution in [3.8, 4) is 0 Å². The highest BCUT2D eigenvalue weighted by Crippen LogP contribution is 2.27. The highest BCUT2D eigenvalue weighted by atomic mass is 32.2. The maximum atomic E-state index is 12.0. The van der Waals surface area contributed by atoms with Crippen LogP contribution in [0.2, 0.25) is 0 Å². The standard InChI is InChI=1S/C13H19N3OS/c1-18-10-4-2-9(3-5-10)16-13(17)11-8-15-7-6-12(11)14/h6-10H,2-5H2,1H3,(H2,14,15)(H,16,17). The molecule has 5 heteroatoms. The minimum atomic E-state index is -0.104. The Morgan fingerprint density at radius 3 is 2.78 bits per heavy atom. The average Bonchev–Trinajstić information content (AvgIpc) is 2.40. The summed E-state index contributed by atoms with van der Waals surface area (Å²) >= 11 is 1.92. The molecule has 18 heavy (non-hydrogen) atoms. The van der Waals surface area contributed by atoms with Crippen LogP contribution in [0, 0.1) is 0 Å². The lowest BCUT2D eigenvalue weighted by Gasteiger charge is -2.28. The number of carbonyl (C=O) groups excluding carboxylic acids is 1. The van der Waals surface area contributed by atoms with Crippen LogP contribution in [0.1, 0.15) is 36.0 Å². The summed E-state index contributed by atoms with van der Waals surface area (Å²) < 4.78 is 0. The Morgan fingerprint density at radius 1 is 1.44 bits per heavy atom. The van der Waals surface area contributed by atoms with Crippen molar-refractivity contribution in [2.45, 2.75) is 37.0 Å². The lowest BCUT2D eigenvalue weighted by molar-refractivity contribution is 0.0928. The van der Waals surface area contributed by atoms with Gasteiger partial charge in [-0.3, -0.25) is 9.78 Å². The monoisotopic (exact) mass is 265 g/mol. The van der Waals surface area contributed by atoms with Crippen LogP contribution in [0.5, 0.6) is 0 Å². The van der Waals surface area contributed by atoms with Crippen molar-refractivity contribution in [1.29, 1.82) is 0 Å². The van der Waals surface area contributed by atoms with E-state index in [4.69, 9.17) is 5.73 Å². The van der Waals surface area contributed by atoms with E-state index < -0.39 is 0 Å². The molecule has 1 aromatic heterocycles. The maximum Gasteiger partial charge on any atom is 0.255 e. The van der Waals surface area contributed by atoms with Crippen LogP contribution in [0.3, 0.4) is 0 Å². The minimum absolute atomic E-state index is 0.104. The topological polar surface area (TPSA) is 68.0 Å². The predicted octanol–water partition coefficient (Wildman–Crippen LogP) is 2.07. The summed E-state index contributed by atoms with van der Waals surface area (Å²) in [5, 5.41) is 3.80. The third kappa shape index (κ3) is 3.16. The van der Waals surface area contributed by atoms with Crippen molar-refractivity contribution >= 4 is 23.4 Å². The second-order valence-electron chi connectivity index (χ2n) is 4.65. The third-order valence-corrected chi connectivity index (χ3v) is 4.58. The van der Waals surface area contributed by atoms with Crippen LogP contribution < -0.4 is 11.1 Å². The fourth-order valence-corrected chi connectivity index (χ4v) is 3.04. The van der Waals surface area contributed by atoms with E-state index in [1.54, 1.807) is 12.3 Å². The summed E-state index contributed by atoms with van der Waals surface area (Å²) in [5.74, 6) is -0.104. The van der Waals surface area contributed by atoms with Crippen molar-refractivity contribution in [3.63, 3.8) is 0 Å². The highest BCUT2D eigenvalue weighted by Gasteiger charge is 2.22. The van der Waals surface area contributed by atoms with Crippen LogP contribution in [-0.4, -0.2) is 28.4 Å². The van der Waals surface area contributed by atoms with Gasteiger partial charge in [0.1, 0.15) is 0 Å². The molecule has 1 aliphatic carbocycles. The Bertz CT molecular complexity index is 416. The molecule has 1 saturated carbocycles. The van der Waals surface area contributed by atoms with Gasteiger partial charge in [0, 0.05) is 29.4 Å². The van der Waals surface area contributed by atoms with E-state index in [2.05, 4.69) is 16.6 Å². The molecule has 1 fully saturated rings. The van der Waals surface area contributed by atoms with Gasteiger partial charge in [-0.2, -0.15) is 11.8 Å². The molecule has 0 atom stereocenters. The van der Waals surface area contributed by atoms with Crippen molar-refractivity contribution < 1.29 is 4.79 Å². The molecule has 0 saturated heterocycles. The molecular formula is C13H19N3OS. The predicted molar refractivity (Wildman–Crippen MR) is 75.7 cm³/mol. The molecule has 1 aromatic rings. The van der Waals surface area contributed by atoms with E-state index in [9.17, 15) is 4.79 Å². The highest BCUT2D eigenvalue weighted by molar-refractivity contribution is 7.99. The van der Waals surface area contributed by atoms with Gasteiger partial charge in [-0.15, -0.1) is 0 Å².